The smallest absolute Gasteiger partial charge is 0.136 e. The highest BCUT2D eigenvalue weighted by Gasteiger charge is 2.26. The quantitative estimate of drug-likeness (QED) is 0.180. The topological polar surface area (TPSA) is 23.0 Å². The van der Waals surface area contributed by atoms with Crippen molar-refractivity contribution in [2.45, 2.75) is 0 Å². The number of rotatable bonds is 3. The van der Waals surface area contributed by atoms with Crippen molar-refractivity contribution in [1.82, 2.24) is 9.13 Å². The number of hydrogen-bond acceptors (Lipinski definition) is 1. The second-order valence-corrected chi connectivity index (χ2v) is 14.8. The maximum atomic E-state index is 6.48. The predicted octanol–water partition coefficient (Wildman–Crippen LogP) is 14.2. The van der Waals surface area contributed by atoms with Crippen LogP contribution < -0.4 is 0 Å². The first-order valence-corrected chi connectivity index (χ1v) is 18.9. The van der Waals surface area contributed by atoms with Crippen LogP contribution in [0.25, 0.3) is 121 Å². The van der Waals surface area contributed by atoms with Crippen LogP contribution in [0.3, 0.4) is 0 Å². The van der Waals surface area contributed by atoms with Gasteiger partial charge in [-0.05, 0) is 98.8 Å². The van der Waals surface area contributed by atoms with Gasteiger partial charge in [0.15, 0.2) is 0 Å². The molecule has 0 N–H and O–H groups in total. The molecule has 3 heterocycles. The second-order valence-electron chi connectivity index (χ2n) is 14.8. The number of benzene rings is 9. The lowest BCUT2D eigenvalue weighted by Crippen LogP contribution is -1.96. The molecule has 3 aromatic heterocycles. The van der Waals surface area contributed by atoms with Gasteiger partial charge in [0.05, 0.1) is 22.1 Å². The third kappa shape index (κ3) is 3.84. The van der Waals surface area contributed by atoms with Gasteiger partial charge in [0.2, 0.25) is 0 Å². The number of nitrogens with zero attached hydrogens (tertiary/aromatic N) is 2. The molecule has 1 aliphatic rings. The van der Waals surface area contributed by atoms with Crippen molar-refractivity contribution in [3.63, 3.8) is 0 Å². The van der Waals surface area contributed by atoms with E-state index in [0.717, 1.165) is 33.1 Å². The van der Waals surface area contributed by atoms with Gasteiger partial charge in [0.1, 0.15) is 11.2 Å². The van der Waals surface area contributed by atoms with Crippen molar-refractivity contribution in [1.29, 1.82) is 0 Å². The molecule has 0 aliphatic heterocycles. The molecule has 9 aromatic carbocycles. The van der Waals surface area contributed by atoms with Gasteiger partial charge in [-0.15, -0.1) is 0 Å². The average Bonchev–Trinajstić information content (AvgIpc) is 3.98. The molecule has 0 unspecified atom stereocenters. The van der Waals surface area contributed by atoms with Gasteiger partial charge in [-0.3, -0.25) is 0 Å². The zero-order valence-corrected chi connectivity index (χ0v) is 29.6. The lowest BCUT2D eigenvalue weighted by Gasteiger charge is -2.12. The van der Waals surface area contributed by atoms with E-state index in [1.54, 1.807) is 0 Å². The molecule has 12 aromatic rings. The van der Waals surface area contributed by atoms with E-state index in [2.05, 4.69) is 191 Å². The highest BCUT2D eigenvalue weighted by atomic mass is 16.3. The minimum absolute atomic E-state index is 0.906. The predicted molar refractivity (Wildman–Crippen MR) is 230 cm³/mol. The summed E-state index contributed by atoms with van der Waals surface area (Å²) in [5, 5.41) is 9.79. The Morgan fingerprint density at radius 1 is 0.327 bits per heavy atom. The van der Waals surface area contributed by atoms with E-state index in [-0.39, 0.29) is 0 Å². The van der Waals surface area contributed by atoms with Crippen molar-refractivity contribution in [3.8, 4) is 44.8 Å². The first-order chi connectivity index (χ1) is 27.3. The normalized spacial score (nSPS) is 12.4. The molecule has 0 atom stereocenters. The summed E-state index contributed by atoms with van der Waals surface area (Å²) in [4.78, 5) is 0. The Bertz CT molecular complexity index is 3580. The van der Waals surface area contributed by atoms with E-state index in [1.165, 1.54) is 87.9 Å². The summed E-state index contributed by atoms with van der Waals surface area (Å²) in [7, 11) is 0. The number of para-hydroxylation sites is 2. The van der Waals surface area contributed by atoms with Crippen LogP contribution in [0.2, 0.25) is 0 Å². The Morgan fingerprint density at radius 2 is 1.02 bits per heavy atom. The summed E-state index contributed by atoms with van der Waals surface area (Å²) < 4.78 is 11.5. The zero-order chi connectivity index (χ0) is 35.8. The summed E-state index contributed by atoms with van der Waals surface area (Å²) >= 11 is 0. The average molecular weight is 699 g/mol. The molecular weight excluding hydrogens is 669 g/mol. The molecular formula is C52H30N2O. The van der Waals surface area contributed by atoms with Crippen LogP contribution in [0.5, 0.6) is 0 Å². The van der Waals surface area contributed by atoms with Gasteiger partial charge in [-0.2, -0.15) is 0 Å². The fourth-order valence-corrected chi connectivity index (χ4v) is 9.77. The third-order valence-corrected chi connectivity index (χ3v) is 12.0. The van der Waals surface area contributed by atoms with Crippen LogP contribution >= 0.6 is 0 Å². The van der Waals surface area contributed by atoms with Gasteiger partial charge < -0.3 is 13.6 Å². The molecule has 3 heteroatoms. The zero-order valence-electron chi connectivity index (χ0n) is 29.6. The molecule has 0 amide bonds. The second kappa shape index (κ2) is 10.6. The summed E-state index contributed by atoms with van der Waals surface area (Å²) in [5.74, 6) is 0. The first kappa shape index (κ1) is 29.1. The van der Waals surface area contributed by atoms with Gasteiger partial charge in [0.25, 0.3) is 0 Å². The lowest BCUT2D eigenvalue weighted by atomic mass is 10.0. The molecule has 3 nitrogen and oxygen atoms in total. The number of hydrogen-bond donors (Lipinski definition) is 0. The largest absolute Gasteiger partial charge is 0.456 e. The fourth-order valence-electron chi connectivity index (χ4n) is 9.77. The maximum absolute atomic E-state index is 6.48. The van der Waals surface area contributed by atoms with Crippen LogP contribution in [-0.4, -0.2) is 9.13 Å². The van der Waals surface area contributed by atoms with Crippen molar-refractivity contribution in [2.24, 2.45) is 0 Å². The van der Waals surface area contributed by atoms with Crippen LogP contribution in [-0.2, 0) is 0 Å². The standard InChI is InChI=1S/C52H30N2O/c1-2-11-31(12-3-1)32-21-23-34(24-22-32)54-44-27-28-47-51(40-17-7-9-20-46(40)55-47)49(44)41-25-26-45-50(52(41)54)39-16-6-8-19-43(39)53(45)35-29-33-13-10-18-38-36-14-4-5-15-37(36)42(30-35)48(33)38/h1-30H. The Kier molecular flexibility index (Phi) is 5.63. The summed E-state index contributed by atoms with van der Waals surface area (Å²) in [6.45, 7) is 0. The molecule has 0 radical (unpaired) electrons. The van der Waals surface area contributed by atoms with Crippen LogP contribution in [0, 0.1) is 0 Å². The molecule has 0 spiro atoms. The van der Waals surface area contributed by atoms with Gasteiger partial charge in [-0.1, -0.05) is 127 Å². The first-order valence-electron chi connectivity index (χ1n) is 18.9. The summed E-state index contributed by atoms with van der Waals surface area (Å²) in [5.41, 5.74) is 16.5. The molecule has 0 fully saturated rings. The van der Waals surface area contributed by atoms with Crippen LogP contribution in [0.15, 0.2) is 186 Å². The Hall–Kier alpha value is -7.36. The van der Waals surface area contributed by atoms with E-state index < -0.39 is 0 Å². The minimum Gasteiger partial charge on any atom is -0.456 e. The van der Waals surface area contributed by atoms with E-state index in [0.29, 0.717) is 0 Å². The molecule has 254 valence electrons. The number of fused-ring (bicyclic) bond motifs is 14. The van der Waals surface area contributed by atoms with Crippen molar-refractivity contribution >= 4 is 76.3 Å². The van der Waals surface area contributed by atoms with Crippen LogP contribution in [0.4, 0.5) is 0 Å². The molecule has 0 saturated heterocycles. The van der Waals surface area contributed by atoms with E-state index in [1.807, 2.05) is 0 Å². The van der Waals surface area contributed by atoms with Gasteiger partial charge in [0, 0.05) is 43.7 Å². The highest BCUT2D eigenvalue weighted by molar-refractivity contribution is 6.33. The van der Waals surface area contributed by atoms with Crippen molar-refractivity contribution < 1.29 is 4.42 Å². The van der Waals surface area contributed by atoms with Crippen molar-refractivity contribution in [2.75, 3.05) is 0 Å². The Labute approximate surface area is 315 Å². The van der Waals surface area contributed by atoms with Crippen LogP contribution in [0.1, 0.15) is 0 Å². The number of furan rings is 1. The van der Waals surface area contributed by atoms with Crippen molar-refractivity contribution in [3.05, 3.63) is 182 Å². The molecule has 0 saturated carbocycles. The fraction of sp³-hybridized carbons (Fsp3) is 0. The lowest BCUT2D eigenvalue weighted by molar-refractivity contribution is 0.669. The number of aromatic nitrogens is 2. The Balaban J connectivity index is 1.18. The van der Waals surface area contributed by atoms with Gasteiger partial charge in [-0.25, -0.2) is 0 Å². The summed E-state index contributed by atoms with van der Waals surface area (Å²) in [6.07, 6.45) is 0. The van der Waals surface area contributed by atoms with E-state index in [4.69, 9.17) is 4.42 Å². The SMILES string of the molecule is c1ccc(-c2ccc(-n3c4ccc5oc6ccccc6c5c4c4ccc5c(c6ccccc6n5-c5cc6c7c(cccc7c5)-c5ccccc5-6)c43)cc2)cc1. The van der Waals surface area contributed by atoms with E-state index in [9.17, 15) is 0 Å². The maximum Gasteiger partial charge on any atom is 0.136 e. The molecule has 1 aliphatic carbocycles. The minimum atomic E-state index is 0.906. The van der Waals surface area contributed by atoms with E-state index >= 15 is 0 Å². The highest BCUT2D eigenvalue weighted by Crippen LogP contribution is 2.50. The Morgan fingerprint density at radius 3 is 1.89 bits per heavy atom. The monoisotopic (exact) mass is 698 g/mol. The molecule has 13 rings (SSSR count). The third-order valence-electron chi connectivity index (χ3n) is 12.0. The molecule has 55 heavy (non-hydrogen) atoms. The van der Waals surface area contributed by atoms with Gasteiger partial charge >= 0.3 is 0 Å². The summed E-state index contributed by atoms with van der Waals surface area (Å²) in [6, 6.07) is 66.5. The molecule has 0 bridgehead atoms.